The van der Waals surface area contributed by atoms with E-state index in [9.17, 15) is 9.90 Å². The van der Waals surface area contributed by atoms with Gasteiger partial charge in [-0.15, -0.1) is 0 Å². The van der Waals surface area contributed by atoms with Crippen LogP contribution in [0, 0.1) is 0 Å². The van der Waals surface area contributed by atoms with E-state index in [1.807, 2.05) is 30.3 Å². The van der Waals surface area contributed by atoms with Gasteiger partial charge in [-0.1, -0.05) is 35.9 Å². The number of nitrogens with one attached hydrogen (secondary N) is 1. The molecule has 3 nitrogen and oxygen atoms in total. The Hall–Kier alpha value is -2.00. The number of hydrogen-bond acceptors (Lipinski definition) is 2. The van der Waals surface area contributed by atoms with Gasteiger partial charge in [0.1, 0.15) is 5.75 Å². The number of amides is 1. The van der Waals surface area contributed by atoms with E-state index < -0.39 is 0 Å². The van der Waals surface area contributed by atoms with Crippen LogP contribution in [0.3, 0.4) is 0 Å². The number of halogens is 1. The monoisotopic (exact) mass is 315 g/mol. The summed E-state index contributed by atoms with van der Waals surface area (Å²) in [5.41, 5.74) is 1.89. The minimum atomic E-state index is -0.121. The Kier molecular flexibility index (Phi) is 4.34. The second-order valence-electron chi connectivity index (χ2n) is 5.75. The molecule has 0 aliphatic heterocycles. The first-order valence-electron chi connectivity index (χ1n) is 7.45. The minimum Gasteiger partial charge on any atom is -0.508 e. The maximum atomic E-state index is 12.2. The number of carbonyl (C=O) groups excluding carboxylic acids is 1. The molecule has 0 aromatic heterocycles. The quantitative estimate of drug-likeness (QED) is 0.880. The molecule has 114 valence electrons. The molecule has 0 radical (unpaired) electrons. The third-order valence-corrected chi connectivity index (χ3v) is 4.09. The molecule has 1 aliphatic carbocycles. The molecule has 2 N–H and O–H groups in total. The molecule has 1 saturated carbocycles. The van der Waals surface area contributed by atoms with Crippen molar-refractivity contribution in [1.82, 2.24) is 5.32 Å². The summed E-state index contributed by atoms with van der Waals surface area (Å²) in [6.07, 6.45) is 2.49. The van der Waals surface area contributed by atoms with Crippen molar-refractivity contribution in [3.05, 3.63) is 64.7 Å². The summed E-state index contributed by atoms with van der Waals surface area (Å²) in [6.45, 7) is 0. The van der Waals surface area contributed by atoms with Crippen molar-refractivity contribution in [2.75, 3.05) is 0 Å². The molecule has 0 spiro atoms. The van der Waals surface area contributed by atoms with Crippen molar-refractivity contribution >= 4 is 17.5 Å². The summed E-state index contributed by atoms with van der Waals surface area (Å²) >= 11 is 6.09. The van der Waals surface area contributed by atoms with Crippen molar-refractivity contribution in [1.29, 1.82) is 0 Å². The fourth-order valence-electron chi connectivity index (χ4n) is 2.59. The van der Waals surface area contributed by atoms with Gasteiger partial charge in [-0.25, -0.2) is 0 Å². The largest absolute Gasteiger partial charge is 0.508 e. The third-order valence-electron chi connectivity index (χ3n) is 3.86. The SMILES string of the molecule is O=C(C[C@@H](c1cccc(O)c1)c1cccc(Cl)c1)NC1CC1. The molecule has 22 heavy (non-hydrogen) atoms. The Bertz CT molecular complexity index is 637. The average molecular weight is 316 g/mol. The molecule has 0 heterocycles. The van der Waals surface area contributed by atoms with Crippen molar-refractivity contribution < 1.29 is 9.90 Å². The molecule has 1 fully saturated rings. The Balaban J connectivity index is 1.88. The first-order valence-corrected chi connectivity index (χ1v) is 7.83. The van der Waals surface area contributed by atoms with Crippen LogP contribution in [0.5, 0.6) is 5.75 Å². The zero-order valence-corrected chi connectivity index (χ0v) is 12.9. The number of phenols is 1. The molecule has 0 unspecified atom stereocenters. The summed E-state index contributed by atoms with van der Waals surface area (Å²) < 4.78 is 0. The highest BCUT2D eigenvalue weighted by Gasteiger charge is 2.25. The second-order valence-corrected chi connectivity index (χ2v) is 6.18. The Morgan fingerprint density at radius 2 is 1.86 bits per heavy atom. The van der Waals surface area contributed by atoms with Crippen LogP contribution >= 0.6 is 11.6 Å². The van der Waals surface area contributed by atoms with Crippen LogP contribution in [0.25, 0.3) is 0 Å². The number of carbonyl (C=O) groups is 1. The molecular formula is C18H18ClNO2. The number of aromatic hydroxyl groups is 1. The summed E-state index contributed by atoms with van der Waals surface area (Å²) in [4.78, 5) is 12.2. The number of rotatable bonds is 5. The predicted molar refractivity (Wildman–Crippen MR) is 87.2 cm³/mol. The molecule has 4 heteroatoms. The van der Waals surface area contributed by atoms with Gasteiger partial charge in [-0.05, 0) is 48.2 Å². The highest BCUT2D eigenvalue weighted by molar-refractivity contribution is 6.30. The van der Waals surface area contributed by atoms with Gasteiger partial charge < -0.3 is 10.4 Å². The Labute approximate surface area is 134 Å². The van der Waals surface area contributed by atoms with E-state index in [0.717, 1.165) is 24.0 Å². The van der Waals surface area contributed by atoms with Gasteiger partial charge in [0.05, 0.1) is 0 Å². The van der Waals surface area contributed by atoms with Gasteiger partial charge in [0.15, 0.2) is 0 Å². The van der Waals surface area contributed by atoms with Crippen LogP contribution in [-0.4, -0.2) is 17.1 Å². The van der Waals surface area contributed by atoms with Gasteiger partial charge in [-0.2, -0.15) is 0 Å². The first-order chi connectivity index (χ1) is 10.6. The van der Waals surface area contributed by atoms with Gasteiger partial charge in [0.2, 0.25) is 5.91 Å². The minimum absolute atomic E-state index is 0.0378. The number of phenolic OH excluding ortho intramolecular Hbond substituents is 1. The van der Waals surface area contributed by atoms with E-state index in [1.54, 1.807) is 18.2 Å². The molecule has 2 aromatic rings. The van der Waals surface area contributed by atoms with Crippen LogP contribution < -0.4 is 5.32 Å². The second kappa shape index (κ2) is 6.41. The Morgan fingerprint density at radius 3 is 2.50 bits per heavy atom. The van der Waals surface area contributed by atoms with Crippen LogP contribution in [0.2, 0.25) is 5.02 Å². The van der Waals surface area contributed by atoms with Crippen LogP contribution in [0.4, 0.5) is 0 Å². The molecular weight excluding hydrogens is 298 g/mol. The van der Waals surface area contributed by atoms with Crippen molar-refractivity contribution in [2.24, 2.45) is 0 Å². The van der Waals surface area contributed by atoms with Crippen molar-refractivity contribution in [2.45, 2.75) is 31.2 Å². The van der Waals surface area contributed by atoms with Crippen LogP contribution in [-0.2, 0) is 4.79 Å². The van der Waals surface area contributed by atoms with E-state index >= 15 is 0 Å². The highest BCUT2D eigenvalue weighted by atomic mass is 35.5. The number of benzene rings is 2. The lowest BCUT2D eigenvalue weighted by atomic mass is 9.88. The average Bonchev–Trinajstić information content (AvgIpc) is 3.28. The summed E-state index contributed by atoms with van der Waals surface area (Å²) in [7, 11) is 0. The lowest BCUT2D eigenvalue weighted by molar-refractivity contribution is -0.121. The molecule has 0 bridgehead atoms. The predicted octanol–water partition coefficient (Wildman–Crippen LogP) is 3.85. The molecule has 1 atom stereocenters. The molecule has 2 aromatic carbocycles. The fraction of sp³-hybridized carbons (Fsp3) is 0.278. The zero-order chi connectivity index (χ0) is 15.5. The lowest BCUT2D eigenvalue weighted by Gasteiger charge is -2.18. The first kappa shape index (κ1) is 14.9. The maximum Gasteiger partial charge on any atom is 0.221 e. The summed E-state index contributed by atoms with van der Waals surface area (Å²) in [6, 6.07) is 14.9. The van der Waals surface area contributed by atoms with E-state index in [-0.39, 0.29) is 17.6 Å². The zero-order valence-electron chi connectivity index (χ0n) is 12.1. The smallest absolute Gasteiger partial charge is 0.221 e. The van der Waals surface area contributed by atoms with Gasteiger partial charge >= 0.3 is 0 Å². The fourth-order valence-corrected chi connectivity index (χ4v) is 2.79. The van der Waals surface area contributed by atoms with Gasteiger partial charge in [-0.3, -0.25) is 4.79 Å². The van der Waals surface area contributed by atoms with E-state index in [0.29, 0.717) is 17.5 Å². The maximum absolute atomic E-state index is 12.2. The molecule has 0 saturated heterocycles. The van der Waals surface area contributed by atoms with Gasteiger partial charge in [0, 0.05) is 23.4 Å². The molecule has 1 amide bonds. The van der Waals surface area contributed by atoms with E-state index in [1.165, 1.54) is 0 Å². The number of hydrogen-bond donors (Lipinski definition) is 2. The Morgan fingerprint density at radius 1 is 1.18 bits per heavy atom. The molecule has 1 aliphatic rings. The van der Waals surface area contributed by atoms with E-state index in [2.05, 4.69) is 5.32 Å². The van der Waals surface area contributed by atoms with Crippen LogP contribution in [0.1, 0.15) is 36.3 Å². The highest BCUT2D eigenvalue weighted by Crippen LogP contribution is 2.31. The van der Waals surface area contributed by atoms with Gasteiger partial charge in [0.25, 0.3) is 0 Å². The summed E-state index contributed by atoms with van der Waals surface area (Å²) in [5, 5.41) is 13.4. The topological polar surface area (TPSA) is 49.3 Å². The van der Waals surface area contributed by atoms with Crippen LogP contribution in [0.15, 0.2) is 48.5 Å². The van der Waals surface area contributed by atoms with Crippen molar-refractivity contribution in [3.8, 4) is 5.75 Å². The van der Waals surface area contributed by atoms with Crippen molar-refractivity contribution in [3.63, 3.8) is 0 Å². The summed E-state index contributed by atoms with van der Waals surface area (Å²) in [5.74, 6) is 0.118. The van der Waals surface area contributed by atoms with E-state index in [4.69, 9.17) is 11.6 Å². The molecule has 3 rings (SSSR count). The lowest BCUT2D eigenvalue weighted by Crippen LogP contribution is -2.27. The third kappa shape index (κ3) is 3.80. The standard InChI is InChI=1S/C18H18ClNO2/c19-14-5-1-3-12(9-14)17(11-18(22)20-15-7-8-15)13-4-2-6-16(21)10-13/h1-6,9-10,15,17,21H,7-8,11H2,(H,20,22)/t17-/m1/s1. The normalized spacial score (nSPS) is 15.3.